The first kappa shape index (κ1) is 14.7. The van der Waals surface area contributed by atoms with Crippen LogP contribution in [0.5, 0.6) is 5.75 Å². The Kier molecular flexibility index (Phi) is 3.09. The highest BCUT2D eigenvalue weighted by Gasteiger charge is 2.17. The smallest absolute Gasteiger partial charge is 0.281 e. The molecular weight excluding hydrogens is 326 g/mol. The first-order valence-corrected chi connectivity index (χ1v) is 8.33. The van der Waals surface area contributed by atoms with Crippen LogP contribution in [0.3, 0.4) is 0 Å². The lowest BCUT2D eigenvalue weighted by Crippen LogP contribution is -2.20. The lowest BCUT2D eigenvalue weighted by Gasteiger charge is -2.08. The molecule has 2 heterocycles. The van der Waals surface area contributed by atoms with Crippen molar-refractivity contribution in [2.24, 2.45) is 0 Å². The number of nitrogens with zero attached hydrogens (tertiary/aromatic N) is 3. The van der Waals surface area contributed by atoms with Crippen LogP contribution in [-0.2, 0) is 0 Å². The quantitative estimate of drug-likeness (QED) is 0.491. The lowest BCUT2D eigenvalue weighted by atomic mass is 10.2. The van der Waals surface area contributed by atoms with E-state index in [1.807, 2.05) is 77.5 Å². The monoisotopic (exact) mass is 341 g/mol. The number of methoxy groups -OCH3 is 1. The van der Waals surface area contributed by atoms with Crippen molar-refractivity contribution in [2.75, 3.05) is 7.11 Å². The largest absolute Gasteiger partial charge is 0.497 e. The Bertz CT molecular complexity index is 1330. The molecule has 0 atom stereocenters. The van der Waals surface area contributed by atoms with Gasteiger partial charge in [-0.05, 0) is 42.5 Å². The van der Waals surface area contributed by atoms with Crippen LogP contribution < -0.4 is 10.3 Å². The van der Waals surface area contributed by atoms with Gasteiger partial charge >= 0.3 is 0 Å². The van der Waals surface area contributed by atoms with Gasteiger partial charge in [0.25, 0.3) is 5.56 Å². The predicted molar refractivity (Wildman–Crippen MR) is 102 cm³/mol. The minimum Gasteiger partial charge on any atom is -0.497 e. The minimum absolute atomic E-state index is 0.0929. The van der Waals surface area contributed by atoms with Crippen LogP contribution in [0, 0.1) is 0 Å². The standard InChI is InChI=1S/C21H15N3O2/c1-26-15-11-12-19-17(13-15)20-22-18-10-6-5-9-16(18)21(25)24(20)23(19)14-7-3-2-4-8-14/h2-13H,1H3. The number of hydrogen-bond donors (Lipinski definition) is 0. The zero-order chi connectivity index (χ0) is 17.7. The summed E-state index contributed by atoms with van der Waals surface area (Å²) < 4.78 is 8.93. The topological polar surface area (TPSA) is 48.5 Å². The summed E-state index contributed by atoms with van der Waals surface area (Å²) in [5.74, 6) is 0.729. The van der Waals surface area contributed by atoms with E-state index in [2.05, 4.69) is 0 Å². The number of benzene rings is 3. The SMILES string of the molecule is COc1ccc2c(c1)c1nc3ccccc3c(=O)n1n2-c1ccccc1. The molecular formula is C21H15N3O2. The fraction of sp³-hybridized carbons (Fsp3) is 0.0476. The summed E-state index contributed by atoms with van der Waals surface area (Å²) in [6.45, 7) is 0. The molecule has 0 unspecified atom stereocenters. The van der Waals surface area contributed by atoms with Gasteiger partial charge in [0.15, 0.2) is 5.65 Å². The maximum absolute atomic E-state index is 13.3. The molecule has 0 aliphatic rings. The van der Waals surface area contributed by atoms with Gasteiger partial charge in [-0.15, -0.1) is 0 Å². The molecule has 0 aliphatic heterocycles. The molecule has 5 rings (SSSR count). The highest BCUT2D eigenvalue weighted by Crippen LogP contribution is 2.28. The van der Waals surface area contributed by atoms with Crippen LogP contribution >= 0.6 is 0 Å². The average Bonchev–Trinajstić information content (AvgIpc) is 3.03. The van der Waals surface area contributed by atoms with E-state index < -0.39 is 0 Å². The van der Waals surface area contributed by atoms with Gasteiger partial charge < -0.3 is 4.74 Å². The zero-order valence-electron chi connectivity index (χ0n) is 14.1. The molecule has 0 N–H and O–H groups in total. The van der Waals surface area contributed by atoms with Crippen LogP contribution in [0.25, 0.3) is 33.1 Å². The summed E-state index contributed by atoms with van der Waals surface area (Å²) in [6.07, 6.45) is 0. The second-order valence-electron chi connectivity index (χ2n) is 6.10. The van der Waals surface area contributed by atoms with E-state index in [1.165, 1.54) is 0 Å². The van der Waals surface area contributed by atoms with Gasteiger partial charge in [-0.25, -0.2) is 9.67 Å². The molecule has 126 valence electrons. The molecule has 0 aliphatic carbocycles. The third-order valence-corrected chi connectivity index (χ3v) is 4.63. The molecule has 5 heteroatoms. The van der Waals surface area contributed by atoms with Crippen molar-refractivity contribution in [1.82, 2.24) is 14.2 Å². The fourth-order valence-corrected chi connectivity index (χ4v) is 3.42. The van der Waals surface area contributed by atoms with Crippen molar-refractivity contribution in [1.29, 1.82) is 0 Å². The number of fused-ring (bicyclic) bond motifs is 4. The van der Waals surface area contributed by atoms with E-state index in [4.69, 9.17) is 9.72 Å². The van der Waals surface area contributed by atoms with Crippen LogP contribution in [0.2, 0.25) is 0 Å². The van der Waals surface area contributed by atoms with Crippen LogP contribution in [0.15, 0.2) is 77.6 Å². The van der Waals surface area contributed by atoms with E-state index in [1.54, 1.807) is 11.6 Å². The maximum atomic E-state index is 13.3. The van der Waals surface area contributed by atoms with E-state index in [0.717, 1.165) is 22.3 Å². The number of para-hydroxylation sites is 2. The Morgan fingerprint density at radius 1 is 0.885 bits per heavy atom. The van der Waals surface area contributed by atoms with Gasteiger partial charge in [0.1, 0.15) is 5.75 Å². The van der Waals surface area contributed by atoms with Crippen molar-refractivity contribution in [3.63, 3.8) is 0 Å². The van der Waals surface area contributed by atoms with Crippen molar-refractivity contribution in [2.45, 2.75) is 0 Å². The Labute approximate surface area is 148 Å². The molecule has 0 saturated heterocycles. The first-order valence-electron chi connectivity index (χ1n) is 8.33. The van der Waals surface area contributed by atoms with Crippen molar-refractivity contribution in [3.8, 4) is 11.4 Å². The van der Waals surface area contributed by atoms with Gasteiger partial charge in [0.2, 0.25) is 0 Å². The summed E-state index contributed by atoms with van der Waals surface area (Å²) in [5.41, 5.74) is 3.01. The first-order chi connectivity index (χ1) is 12.8. The summed E-state index contributed by atoms with van der Waals surface area (Å²) in [7, 11) is 1.63. The number of ether oxygens (including phenoxy) is 1. The second-order valence-corrected chi connectivity index (χ2v) is 6.10. The molecule has 0 fully saturated rings. The second kappa shape index (κ2) is 5.46. The third kappa shape index (κ3) is 1.97. The molecule has 0 radical (unpaired) electrons. The Hall–Kier alpha value is -3.60. The minimum atomic E-state index is -0.0929. The molecule has 26 heavy (non-hydrogen) atoms. The summed E-state index contributed by atoms with van der Waals surface area (Å²) in [6, 6.07) is 23.0. The summed E-state index contributed by atoms with van der Waals surface area (Å²) in [4.78, 5) is 18.1. The van der Waals surface area contributed by atoms with Crippen LogP contribution in [0.4, 0.5) is 0 Å². The van der Waals surface area contributed by atoms with E-state index in [-0.39, 0.29) is 5.56 Å². The molecule has 0 bridgehead atoms. The Morgan fingerprint density at radius 2 is 1.65 bits per heavy atom. The highest BCUT2D eigenvalue weighted by molar-refractivity contribution is 5.97. The summed E-state index contributed by atoms with van der Waals surface area (Å²) >= 11 is 0. The molecule has 0 amide bonds. The molecule has 0 saturated carbocycles. The van der Waals surface area contributed by atoms with E-state index in [0.29, 0.717) is 16.6 Å². The number of hydrogen-bond acceptors (Lipinski definition) is 3. The summed E-state index contributed by atoms with van der Waals surface area (Å²) in [5, 5.41) is 1.47. The van der Waals surface area contributed by atoms with Crippen molar-refractivity contribution < 1.29 is 4.74 Å². The Morgan fingerprint density at radius 3 is 2.46 bits per heavy atom. The maximum Gasteiger partial charge on any atom is 0.281 e. The van der Waals surface area contributed by atoms with Crippen LogP contribution in [-0.4, -0.2) is 21.3 Å². The van der Waals surface area contributed by atoms with Gasteiger partial charge in [0.05, 0.1) is 29.2 Å². The molecule has 5 nitrogen and oxygen atoms in total. The lowest BCUT2D eigenvalue weighted by molar-refractivity contribution is 0.415. The molecule has 2 aromatic heterocycles. The predicted octanol–water partition coefficient (Wildman–Crippen LogP) is 3.80. The van der Waals surface area contributed by atoms with E-state index >= 15 is 0 Å². The normalized spacial score (nSPS) is 11.4. The third-order valence-electron chi connectivity index (χ3n) is 4.63. The van der Waals surface area contributed by atoms with Crippen molar-refractivity contribution >= 4 is 27.5 Å². The van der Waals surface area contributed by atoms with Gasteiger partial charge in [0, 0.05) is 5.39 Å². The molecule has 5 aromatic rings. The van der Waals surface area contributed by atoms with Gasteiger partial charge in [-0.3, -0.25) is 4.79 Å². The van der Waals surface area contributed by atoms with Crippen LogP contribution in [0.1, 0.15) is 0 Å². The molecule has 3 aromatic carbocycles. The van der Waals surface area contributed by atoms with Crippen molar-refractivity contribution in [3.05, 3.63) is 83.2 Å². The Balaban J connectivity index is 2.07. The average molecular weight is 341 g/mol. The zero-order valence-corrected chi connectivity index (χ0v) is 14.1. The molecule has 0 spiro atoms. The van der Waals surface area contributed by atoms with E-state index in [9.17, 15) is 4.79 Å². The van der Waals surface area contributed by atoms with Gasteiger partial charge in [-0.2, -0.15) is 4.52 Å². The highest BCUT2D eigenvalue weighted by atomic mass is 16.5. The number of aromatic nitrogens is 3. The van der Waals surface area contributed by atoms with Gasteiger partial charge in [-0.1, -0.05) is 30.3 Å². The fourth-order valence-electron chi connectivity index (χ4n) is 3.42. The number of rotatable bonds is 2.